The Balaban J connectivity index is 2.01. The van der Waals surface area contributed by atoms with Gasteiger partial charge in [0.25, 0.3) is 5.91 Å². The number of nitrogens with zero attached hydrogens (tertiary/aromatic N) is 1. The van der Waals surface area contributed by atoms with Crippen molar-refractivity contribution in [3.05, 3.63) is 29.8 Å². The number of carbonyl (C=O) groups excluding carboxylic acids is 1. The maximum absolute atomic E-state index is 12.8. The summed E-state index contributed by atoms with van der Waals surface area (Å²) in [5, 5.41) is 2.79. The molecule has 1 aliphatic rings. The summed E-state index contributed by atoms with van der Waals surface area (Å²) in [7, 11) is -0.249. The second-order valence-corrected chi connectivity index (χ2v) is 8.44. The third-order valence-corrected chi connectivity index (χ3v) is 6.62. The van der Waals surface area contributed by atoms with Crippen molar-refractivity contribution in [1.82, 2.24) is 9.62 Å². The molecule has 1 aromatic carbocycles. The molecule has 0 spiro atoms. The SMILES string of the molecule is COCCCNC(=O)c1ccc(S(=O)(=O)N(C)C2CCCCC2)cc1. The van der Waals surface area contributed by atoms with E-state index < -0.39 is 10.0 Å². The van der Waals surface area contributed by atoms with E-state index in [1.807, 2.05) is 0 Å². The van der Waals surface area contributed by atoms with Crippen LogP contribution >= 0.6 is 0 Å². The molecule has 0 unspecified atom stereocenters. The van der Waals surface area contributed by atoms with Crippen LogP contribution < -0.4 is 5.32 Å². The van der Waals surface area contributed by atoms with Gasteiger partial charge in [-0.05, 0) is 43.5 Å². The van der Waals surface area contributed by atoms with Crippen molar-refractivity contribution in [3.8, 4) is 0 Å². The largest absolute Gasteiger partial charge is 0.385 e. The number of ether oxygens (including phenoxy) is 1. The number of sulfonamides is 1. The van der Waals surface area contributed by atoms with E-state index in [0.717, 1.165) is 32.1 Å². The molecule has 1 saturated carbocycles. The first-order valence-corrected chi connectivity index (χ1v) is 10.3. The van der Waals surface area contributed by atoms with Crippen molar-refractivity contribution >= 4 is 15.9 Å². The fraction of sp³-hybridized carbons (Fsp3) is 0.611. The predicted octanol–water partition coefficient (Wildman–Crippen LogP) is 2.41. The van der Waals surface area contributed by atoms with Gasteiger partial charge in [-0.2, -0.15) is 4.31 Å². The summed E-state index contributed by atoms with van der Waals surface area (Å²) in [6.07, 6.45) is 5.90. The minimum atomic E-state index is -3.52. The van der Waals surface area contributed by atoms with Crippen LogP contribution in [0, 0.1) is 0 Å². The second-order valence-electron chi connectivity index (χ2n) is 6.44. The highest BCUT2D eigenvalue weighted by Gasteiger charge is 2.29. The summed E-state index contributed by atoms with van der Waals surface area (Å²) >= 11 is 0. The van der Waals surface area contributed by atoms with Gasteiger partial charge in [-0.25, -0.2) is 8.42 Å². The fourth-order valence-corrected chi connectivity index (χ4v) is 4.52. The smallest absolute Gasteiger partial charge is 0.251 e. The standard InChI is InChI=1S/C18H28N2O4S/c1-20(16-7-4-3-5-8-16)25(22,23)17-11-9-15(10-12-17)18(21)19-13-6-14-24-2/h9-12,16H,3-8,13-14H2,1-2H3,(H,19,21). The van der Waals surface area contributed by atoms with E-state index >= 15 is 0 Å². The van der Waals surface area contributed by atoms with Gasteiger partial charge in [-0.1, -0.05) is 19.3 Å². The van der Waals surface area contributed by atoms with Crippen LogP contribution in [0.4, 0.5) is 0 Å². The molecule has 140 valence electrons. The van der Waals surface area contributed by atoms with E-state index in [-0.39, 0.29) is 16.8 Å². The zero-order chi connectivity index (χ0) is 18.3. The Morgan fingerprint density at radius 2 is 1.84 bits per heavy atom. The van der Waals surface area contributed by atoms with Crippen LogP contribution in [-0.4, -0.2) is 52.0 Å². The molecule has 0 atom stereocenters. The van der Waals surface area contributed by atoms with E-state index in [0.29, 0.717) is 18.7 Å². The lowest BCUT2D eigenvalue weighted by molar-refractivity contribution is 0.0948. The number of rotatable bonds is 8. The molecule has 0 aromatic heterocycles. The minimum absolute atomic E-state index is 0.0718. The lowest BCUT2D eigenvalue weighted by Gasteiger charge is -2.30. The highest BCUT2D eigenvalue weighted by atomic mass is 32.2. The molecular weight excluding hydrogens is 340 g/mol. The molecular formula is C18H28N2O4S. The van der Waals surface area contributed by atoms with Gasteiger partial charge in [0, 0.05) is 38.9 Å². The van der Waals surface area contributed by atoms with Gasteiger partial charge in [-0.3, -0.25) is 4.79 Å². The van der Waals surface area contributed by atoms with Gasteiger partial charge in [0.1, 0.15) is 0 Å². The molecule has 6 nitrogen and oxygen atoms in total. The van der Waals surface area contributed by atoms with Crippen molar-refractivity contribution in [2.75, 3.05) is 27.3 Å². The van der Waals surface area contributed by atoms with Crippen LogP contribution in [0.1, 0.15) is 48.9 Å². The molecule has 25 heavy (non-hydrogen) atoms. The normalized spacial score (nSPS) is 16.1. The van der Waals surface area contributed by atoms with Gasteiger partial charge in [-0.15, -0.1) is 0 Å². The summed E-state index contributed by atoms with van der Waals surface area (Å²) in [5.74, 6) is -0.208. The number of benzene rings is 1. The van der Waals surface area contributed by atoms with Crippen molar-refractivity contribution in [2.45, 2.75) is 49.5 Å². The summed E-state index contributed by atoms with van der Waals surface area (Å²) in [6.45, 7) is 1.11. The van der Waals surface area contributed by atoms with E-state index in [9.17, 15) is 13.2 Å². The van der Waals surface area contributed by atoms with Crippen LogP contribution in [0.5, 0.6) is 0 Å². The zero-order valence-electron chi connectivity index (χ0n) is 15.0. The van der Waals surface area contributed by atoms with Crippen molar-refractivity contribution in [2.24, 2.45) is 0 Å². The molecule has 1 aromatic rings. The van der Waals surface area contributed by atoms with E-state index in [4.69, 9.17) is 4.74 Å². The molecule has 0 bridgehead atoms. The molecule has 1 amide bonds. The van der Waals surface area contributed by atoms with Crippen LogP contribution in [0.2, 0.25) is 0 Å². The van der Waals surface area contributed by atoms with Gasteiger partial charge >= 0.3 is 0 Å². The number of nitrogens with one attached hydrogen (secondary N) is 1. The van der Waals surface area contributed by atoms with Crippen LogP contribution in [0.3, 0.4) is 0 Å². The summed E-state index contributed by atoms with van der Waals surface area (Å²) in [5.41, 5.74) is 0.455. The van der Waals surface area contributed by atoms with Gasteiger partial charge in [0.15, 0.2) is 0 Å². The minimum Gasteiger partial charge on any atom is -0.385 e. The van der Waals surface area contributed by atoms with E-state index in [1.165, 1.54) is 22.9 Å². The molecule has 0 heterocycles. The predicted molar refractivity (Wildman–Crippen MR) is 97.1 cm³/mol. The number of carbonyl (C=O) groups is 1. The van der Waals surface area contributed by atoms with E-state index in [2.05, 4.69) is 5.32 Å². The molecule has 1 N–H and O–H groups in total. The van der Waals surface area contributed by atoms with Crippen LogP contribution in [0.15, 0.2) is 29.2 Å². The van der Waals surface area contributed by atoms with E-state index in [1.54, 1.807) is 26.3 Å². The Morgan fingerprint density at radius 3 is 2.44 bits per heavy atom. The molecule has 2 rings (SSSR count). The first-order chi connectivity index (χ1) is 12.0. The van der Waals surface area contributed by atoms with Gasteiger partial charge in [0.05, 0.1) is 4.90 Å². The fourth-order valence-electron chi connectivity index (χ4n) is 3.11. The average Bonchev–Trinajstić information content (AvgIpc) is 2.65. The monoisotopic (exact) mass is 368 g/mol. The molecule has 0 radical (unpaired) electrons. The molecule has 1 fully saturated rings. The average molecular weight is 368 g/mol. The highest BCUT2D eigenvalue weighted by molar-refractivity contribution is 7.89. The zero-order valence-corrected chi connectivity index (χ0v) is 15.8. The lowest BCUT2D eigenvalue weighted by atomic mass is 9.96. The molecule has 1 aliphatic carbocycles. The van der Waals surface area contributed by atoms with Crippen molar-refractivity contribution in [3.63, 3.8) is 0 Å². The molecule has 0 aliphatic heterocycles. The maximum Gasteiger partial charge on any atom is 0.251 e. The maximum atomic E-state index is 12.8. The Labute approximate surface area is 150 Å². The number of hydrogen-bond donors (Lipinski definition) is 1. The first-order valence-electron chi connectivity index (χ1n) is 8.82. The van der Waals surface area contributed by atoms with Crippen LogP contribution in [0.25, 0.3) is 0 Å². The Bertz CT molecular complexity index is 652. The summed E-state index contributed by atoms with van der Waals surface area (Å²) in [4.78, 5) is 12.3. The third kappa shape index (κ3) is 5.26. The van der Waals surface area contributed by atoms with Gasteiger partial charge in [0.2, 0.25) is 10.0 Å². The Morgan fingerprint density at radius 1 is 1.20 bits per heavy atom. The van der Waals surface area contributed by atoms with Crippen molar-refractivity contribution < 1.29 is 17.9 Å². The first kappa shape index (κ1) is 19.9. The summed E-state index contributed by atoms with van der Waals surface area (Å²) < 4.78 is 32.0. The third-order valence-electron chi connectivity index (χ3n) is 4.69. The Hall–Kier alpha value is -1.44. The Kier molecular flexibility index (Phi) is 7.40. The van der Waals surface area contributed by atoms with Crippen molar-refractivity contribution in [1.29, 1.82) is 0 Å². The van der Waals surface area contributed by atoms with Crippen LogP contribution in [-0.2, 0) is 14.8 Å². The second kappa shape index (κ2) is 9.31. The summed E-state index contributed by atoms with van der Waals surface area (Å²) in [6, 6.07) is 6.22. The number of methoxy groups -OCH3 is 1. The number of amides is 1. The lowest BCUT2D eigenvalue weighted by Crippen LogP contribution is -2.38. The topological polar surface area (TPSA) is 75.7 Å². The highest BCUT2D eigenvalue weighted by Crippen LogP contribution is 2.26. The molecule has 7 heteroatoms. The van der Waals surface area contributed by atoms with Gasteiger partial charge < -0.3 is 10.1 Å². The number of hydrogen-bond acceptors (Lipinski definition) is 4. The quantitative estimate of drug-likeness (QED) is 0.715. The molecule has 0 saturated heterocycles.